The van der Waals surface area contributed by atoms with E-state index in [0.717, 1.165) is 12.8 Å². The van der Waals surface area contributed by atoms with Gasteiger partial charge in [0, 0.05) is 26.2 Å². The third-order valence-corrected chi connectivity index (χ3v) is 6.08. The second-order valence-corrected chi connectivity index (χ2v) is 7.61. The summed E-state index contributed by atoms with van der Waals surface area (Å²) in [4.78, 5) is 41.9. The molecule has 1 N–H and O–H groups in total. The number of benzene rings is 1. The number of para-hydroxylation sites is 1. The van der Waals surface area contributed by atoms with E-state index in [1.54, 1.807) is 28.9 Å². The van der Waals surface area contributed by atoms with Crippen LogP contribution in [-0.2, 0) is 4.79 Å². The molecule has 7 nitrogen and oxygen atoms in total. The first-order chi connectivity index (χ1) is 12.9. The largest absolute Gasteiger partial charge is 0.327 e. The maximum atomic E-state index is 13.7. The summed E-state index contributed by atoms with van der Waals surface area (Å²) in [7, 11) is 0. The Morgan fingerprint density at radius 3 is 2.59 bits per heavy atom. The fourth-order valence-corrected chi connectivity index (χ4v) is 4.50. The molecule has 144 valence electrons. The summed E-state index contributed by atoms with van der Waals surface area (Å²) >= 11 is 0. The second kappa shape index (κ2) is 6.51. The number of fused-ring (bicyclic) bond motifs is 1. The molecule has 1 aromatic rings. The lowest BCUT2D eigenvalue weighted by molar-refractivity contribution is -0.128. The van der Waals surface area contributed by atoms with Gasteiger partial charge < -0.3 is 15.1 Å². The molecular formula is C19H23FN4O3. The highest BCUT2D eigenvalue weighted by molar-refractivity contribution is 6.04. The molecule has 1 aromatic carbocycles. The van der Waals surface area contributed by atoms with Crippen LogP contribution in [-0.4, -0.2) is 64.9 Å². The minimum Gasteiger partial charge on any atom is -0.324 e. The van der Waals surface area contributed by atoms with Crippen molar-refractivity contribution in [2.45, 2.75) is 32.2 Å². The van der Waals surface area contributed by atoms with Gasteiger partial charge in [-0.3, -0.25) is 9.69 Å². The maximum Gasteiger partial charge on any atom is 0.327 e. The fourth-order valence-electron chi connectivity index (χ4n) is 4.50. The number of hydrogen-bond acceptors (Lipinski definition) is 3. The molecule has 1 atom stereocenters. The number of amides is 5. The molecule has 0 aliphatic carbocycles. The van der Waals surface area contributed by atoms with Gasteiger partial charge in [0.1, 0.15) is 11.9 Å². The number of nitrogens with one attached hydrogen (secondary N) is 1. The Balaban J connectivity index is 1.37. The monoisotopic (exact) mass is 374 g/mol. The van der Waals surface area contributed by atoms with Gasteiger partial charge in [0.25, 0.3) is 5.91 Å². The Labute approximate surface area is 157 Å². The molecule has 0 saturated carbocycles. The number of anilines is 1. The molecule has 8 heteroatoms. The quantitative estimate of drug-likeness (QED) is 0.809. The summed E-state index contributed by atoms with van der Waals surface area (Å²) < 4.78 is 13.7. The molecule has 3 saturated heterocycles. The van der Waals surface area contributed by atoms with Crippen LogP contribution in [0.25, 0.3) is 0 Å². The van der Waals surface area contributed by atoms with Crippen LogP contribution in [0.3, 0.4) is 0 Å². The highest BCUT2D eigenvalue weighted by Gasteiger charge is 2.56. The zero-order valence-electron chi connectivity index (χ0n) is 15.3. The third kappa shape index (κ3) is 2.93. The SMILES string of the molecule is CCN1C(=O)C2CC3(CCN(C(=O)Nc4ccccc4F)CC3)CN2C1=O. The van der Waals surface area contributed by atoms with E-state index in [0.29, 0.717) is 32.6 Å². The highest BCUT2D eigenvalue weighted by atomic mass is 19.1. The van der Waals surface area contributed by atoms with Crippen LogP contribution in [0.1, 0.15) is 26.2 Å². The smallest absolute Gasteiger partial charge is 0.324 e. The molecule has 5 amide bonds. The molecule has 1 spiro atoms. The molecule has 0 aromatic heterocycles. The Kier molecular flexibility index (Phi) is 4.28. The Hall–Kier alpha value is -2.64. The van der Waals surface area contributed by atoms with Gasteiger partial charge in [-0.05, 0) is 43.7 Å². The van der Waals surface area contributed by atoms with Crippen molar-refractivity contribution in [3.8, 4) is 0 Å². The molecule has 27 heavy (non-hydrogen) atoms. The minimum atomic E-state index is -0.465. The Morgan fingerprint density at radius 2 is 1.96 bits per heavy atom. The zero-order valence-corrected chi connectivity index (χ0v) is 15.3. The first-order valence-corrected chi connectivity index (χ1v) is 9.36. The first-order valence-electron chi connectivity index (χ1n) is 9.36. The number of urea groups is 2. The molecule has 0 bridgehead atoms. The van der Waals surface area contributed by atoms with Gasteiger partial charge in [-0.15, -0.1) is 0 Å². The minimum absolute atomic E-state index is 0.0981. The molecule has 4 rings (SSSR count). The van der Waals surface area contributed by atoms with E-state index in [9.17, 15) is 18.8 Å². The van der Waals surface area contributed by atoms with Crippen molar-refractivity contribution in [2.75, 3.05) is 31.5 Å². The van der Waals surface area contributed by atoms with E-state index in [1.807, 2.05) is 0 Å². The van der Waals surface area contributed by atoms with E-state index in [-0.39, 0.29) is 35.1 Å². The summed E-state index contributed by atoms with van der Waals surface area (Å²) in [5, 5.41) is 2.61. The van der Waals surface area contributed by atoms with Crippen LogP contribution >= 0.6 is 0 Å². The van der Waals surface area contributed by atoms with Gasteiger partial charge >= 0.3 is 12.1 Å². The number of hydrogen-bond donors (Lipinski definition) is 1. The van der Waals surface area contributed by atoms with Crippen molar-refractivity contribution in [1.29, 1.82) is 0 Å². The predicted molar refractivity (Wildman–Crippen MR) is 96.6 cm³/mol. The summed E-state index contributed by atoms with van der Waals surface area (Å²) in [5.74, 6) is -0.563. The number of carbonyl (C=O) groups is 3. The average Bonchev–Trinajstić information content (AvgIpc) is 3.12. The molecule has 3 fully saturated rings. The lowest BCUT2D eigenvalue weighted by atomic mass is 9.76. The molecule has 3 aliphatic rings. The summed E-state index contributed by atoms with van der Waals surface area (Å²) in [5.41, 5.74) is 0.0602. The van der Waals surface area contributed by atoms with Crippen molar-refractivity contribution >= 4 is 23.7 Å². The highest BCUT2D eigenvalue weighted by Crippen LogP contribution is 2.46. The van der Waals surface area contributed by atoms with Gasteiger partial charge in [0.15, 0.2) is 0 Å². The van der Waals surface area contributed by atoms with Crippen LogP contribution in [0.2, 0.25) is 0 Å². The second-order valence-electron chi connectivity index (χ2n) is 7.61. The van der Waals surface area contributed by atoms with Gasteiger partial charge in [0.2, 0.25) is 0 Å². The molecule has 1 unspecified atom stereocenters. The number of likely N-dealkylation sites (tertiary alicyclic amines) is 1. The Morgan fingerprint density at radius 1 is 1.26 bits per heavy atom. The number of likely N-dealkylation sites (N-methyl/N-ethyl adjacent to an activating group) is 1. The lowest BCUT2D eigenvalue weighted by Crippen LogP contribution is -2.47. The van der Waals surface area contributed by atoms with E-state index in [1.165, 1.54) is 17.0 Å². The van der Waals surface area contributed by atoms with Crippen LogP contribution in [0, 0.1) is 11.2 Å². The van der Waals surface area contributed by atoms with E-state index >= 15 is 0 Å². The van der Waals surface area contributed by atoms with Crippen molar-refractivity contribution in [2.24, 2.45) is 5.41 Å². The summed E-state index contributed by atoms with van der Waals surface area (Å²) in [6.07, 6.45) is 2.13. The van der Waals surface area contributed by atoms with Gasteiger partial charge in [0.05, 0.1) is 5.69 Å². The Bertz CT molecular complexity index is 765. The fraction of sp³-hybridized carbons (Fsp3) is 0.526. The third-order valence-electron chi connectivity index (χ3n) is 6.08. The number of piperidine rings is 1. The van der Waals surface area contributed by atoms with Crippen LogP contribution in [0.5, 0.6) is 0 Å². The predicted octanol–water partition coefficient (Wildman–Crippen LogP) is 2.50. The maximum absolute atomic E-state index is 13.7. The number of rotatable bonds is 2. The van der Waals surface area contributed by atoms with Crippen LogP contribution < -0.4 is 5.32 Å². The first kappa shape index (κ1) is 17.8. The number of imide groups is 1. The normalized spacial score (nSPS) is 23.9. The van der Waals surface area contributed by atoms with Gasteiger partial charge in [-0.2, -0.15) is 0 Å². The average molecular weight is 374 g/mol. The number of nitrogens with zero attached hydrogens (tertiary/aromatic N) is 3. The van der Waals surface area contributed by atoms with E-state index in [2.05, 4.69) is 5.32 Å². The van der Waals surface area contributed by atoms with Crippen molar-refractivity contribution in [1.82, 2.24) is 14.7 Å². The number of halogens is 1. The number of carbonyl (C=O) groups excluding carboxylic acids is 3. The molecule has 3 aliphatic heterocycles. The van der Waals surface area contributed by atoms with Gasteiger partial charge in [-0.1, -0.05) is 12.1 Å². The zero-order chi connectivity index (χ0) is 19.2. The van der Waals surface area contributed by atoms with Crippen molar-refractivity contribution in [3.63, 3.8) is 0 Å². The van der Waals surface area contributed by atoms with E-state index in [4.69, 9.17) is 0 Å². The van der Waals surface area contributed by atoms with E-state index < -0.39 is 5.82 Å². The standard InChI is InChI=1S/C19H23FN4O3/c1-2-23-16(25)15-11-19(12-24(15)18(23)27)7-9-22(10-8-19)17(26)21-14-6-4-3-5-13(14)20/h3-6,15H,2,7-12H2,1H3,(H,21,26). The molecular weight excluding hydrogens is 351 g/mol. The lowest BCUT2D eigenvalue weighted by Gasteiger charge is -2.39. The van der Waals surface area contributed by atoms with Crippen molar-refractivity contribution in [3.05, 3.63) is 30.1 Å². The van der Waals surface area contributed by atoms with Crippen LogP contribution in [0.4, 0.5) is 19.7 Å². The molecule has 0 radical (unpaired) electrons. The van der Waals surface area contributed by atoms with Crippen LogP contribution in [0.15, 0.2) is 24.3 Å². The van der Waals surface area contributed by atoms with Crippen molar-refractivity contribution < 1.29 is 18.8 Å². The van der Waals surface area contributed by atoms with Gasteiger partial charge in [-0.25, -0.2) is 14.0 Å². The molecule has 3 heterocycles. The topological polar surface area (TPSA) is 73.0 Å². The summed E-state index contributed by atoms with van der Waals surface area (Å²) in [6.45, 7) is 3.84. The summed E-state index contributed by atoms with van der Waals surface area (Å²) in [6, 6.07) is 5.21.